The molecule has 0 aromatic carbocycles. The van der Waals surface area contributed by atoms with Crippen LogP contribution in [0, 0.1) is 0 Å². The summed E-state index contributed by atoms with van der Waals surface area (Å²) >= 11 is 0. The van der Waals surface area contributed by atoms with E-state index in [0.717, 1.165) is 0 Å². The molecule has 3 heteroatoms. The molecule has 0 saturated heterocycles. The lowest BCUT2D eigenvalue weighted by Gasteiger charge is -2.03. The fourth-order valence-electron chi connectivity index (χ4n) is 0.562. The first-order valence-electron chi connectivity index (χ1n) is 3.41. The summed E-state index contributed by atoms with van der Waals surface area (Å²) < 4.78 is 0. The third-order valence-electron chi connectivity index (χ3n) is 0.957. The summed E-state index contributed by atoms with van der Waals surface area (Å²) in [5.74, 6) is 3.11. The van der Waals surface area contributed by atoms with Crippen LogP contribution in [0.15, 0.2) is 0 Å². The summed E-state index contributed by atoms with van der Waals surface area (Å²) in [6, 6.07) is 0. The van der Waals surface area contributed by atoms with Gasteiger partial charge in [0, 0.05) is 17.6 Å². The Morgan fingerprint density at radius 3 is 1.44 bits per heavy atom. The van der Waals surface area contributed by atoms with Gasteiger partial charge in [-0.25, -0.2) is 0 Å². The Bertz CT molecular complexity index is 56.1. The maximum Gasteiger partial charge on any atom is 0.0455 e. The Hall–Kier alpha value is 0.864. The average Bonchev–Trinajstić information content (AvgIpc) is 1.63. The summed E-state index contributed by atoms with van der Waals surface area (Å²) in [7, 11) is 1.48. The monoisotopic (exact) mass is 176 g/mol. The largest absolute Gasteiger partial charge is 0.128 e. The van der Waals surface area contributed by atoms with Gasteiger partial charge in [-0.15, -0.1) is 8.58 Å². The minimum absolute atomic E-state index is 0.0984. The third kappa shape index (κ3) is 8.86. The van der Waals surface area contributed by atoms with E-state index in [0.29, 0.717) is 0 Å². The van der Waals surface area contributed by atoms with Gasteiger partial charge in [0.15, 0.2) is 0 Å². The van der Waals surface area contributed by atoms with Crippen LogP contribution in [0.25, 0.3) is 0 Å². The first kappa shape index (κ1) is 9.86. The van der Waals surface area contributed by atoms with Crippen molar-refractivity contribution in [2.45, 2.75) is 26.2 Å². The van der Waals surface area contributed by atoms with E-state index in [-0.39, 0.29) is 17.6 Å². The summed E-state index contributed by atoms with van der Waals surface area (Å²) in [5.41, 5.74) is 0. The first-order chi connectivity index (χ1) is 4.13. The Morgan fingerprint density at radius 2 is 1.22 bits per heavy atom. The maximum atomic E-state index is 2.41. The number of rotatable bonds is 4. The minimum atomic E-state index is 0.0984. The molecule has 0 aromatic rings. The van der Waals surface area contributed by atoms with Gasteiger partial charge in [0.25, 0.3) is 0 Å². The number of hydrogen-bond acceptors (Lipinski definition) is 0. The van der Waals surface area contributed by atoms with E-state index in [1.54, 1.807) is 11.6 Å². The fraction of sp³-hybridized carbons (Fsp3) is 1.00. The lowest BCUT2D eigenvalue weighted by Crippen LogP contribution is -2.08. The van der Waals surface area contributed by atoms with Crippen LogP contribution in [0.1, 0.15) is 0 Å². The van der Waals surface area contributed by atoms with Gasteiger partial charge in [-0.3, -0.25) is 0 Å². The molecule has 0 saturated carbocycles. The minimum Gasteiger partial charge on any atom is -0.128 e. The highest BCUT2D eigenvalue weighted by molar-refractivity contribution is 7.44. The van der Waals surface area contributed by atoms with Crippen LogP contribution in [-0.2, 0) is 0 Å². The summed E-state index contributed by atoms with van der Waals surface area (Å²) in [6.45, 7) is 9.65. The van der Waals surface area contributed by atoms with Crippen molar-refractivity contribution in [3.8, 4) is 0 Å². The van der Waals surface area contributed by atoms with Crippen molar-refractivity contribution >= 4 is 26.2 Å². The van der Waals surface area contributed by atoms with Crippen molar-refractivity contribution in [1.29, 1.82) is 0 Å². The molecular weight excluding hydrogens is 159 g/mol. The van der Waals surface area contributed by atoms with E-state index in [9.17, 15) is 0 Å². The van der Waals surface area contributed by atoms with Crippen molar-refractivity contribution in [2.24, 2.45) is 0 Å². The van der Waals surface area contributed by atoms with Crippen LogP contribution in [0.3, 0.4) is 0 Å². The molecule has 0 aromatic heterocycles. The third-order valence-corrected chi connectivity index (χ3v) is 8.61. The van der Waals surface area contributed by atoms with Gasteiger partial charge in [-0.05, 0) is 11.6 Å². The lowest BCUT2D eigenvalue weighted by molar-refractivity contribution is 1.79. The molecule has 54 valence electrons. The highest BCUT2D eigenvalue weighted by Gasteiger charge is 1.98. The molecule has 0 atom stereocenters. The van der Waals surface area contributed by atoms with Crippen LogP contribution in [-0.4, -0.2) is 29.2 Å². The quantitative estimate of drug-likeness (QED) is 0.455. The second-order valence-electron chi connectivity index (χ2n) is 3.02. The second kappa shape index (κ2) is 5.63. The molecule has 0 fully saturated rings. The molecule has 0 rings (SSSR count). The summed E-state index contributed by atoms with van der Waals surface area (Å²) in [4.78, 5) is 0. The Balaban J connectivity index is 2.91. The van der Waals surface area contributed by atoms with E-state index in [1.807, 2.05) is 0 Å². The van der Waals surface area contributed by atoms with Crippen LogP contribution in [0.4, 0.5) is 0 Å². The molecule has 0 N–H and O–H groups in total. The normalized spacial score (nSPS) is 11.3. The summed E-state index contributed by atoms with van der Waals surface area (Å²) in [5, 5.41) is 0. The lowest BCUT2D eigenvalue weighted by atomic mass is 11.8. The Labute approximate surface area is 64.4 Å². The Kier molecular flexibility index (Phi) is 6.17. The van der Waals surface area contributed by atoms with Crippen molar-refractivity contribution in [2.75, 3.05) is 11.6 Å². The van der Waals surface area contributed by atoms with Gasteiger partial charge >= 0.3 is 0 Å². The molecule has 9 heavy (non-hydrogen) atoms. The predicted octanol–water partition coefficient (Wildman–Crippen LogP) is 2.25. The van der Waals surface area contributed by atoms with Gasteiger partial charge in [-0.2, -0.15) is 0 Å². The molecule has 0 heterocycles. The molecule has 0 aliphatic carbocycles. The molecule has 0 amide bonds. The molecule has 0 bridgehead atoms. The van der Waals surface area contributed by atoms with Crippen molar-refractivity contribution < 1.29 is 0 Å². The predicted molar refractivity (Wildman–Crippen MR) is 53.0 cm³/mol. The summed E-state index contributed by atoms with van der Waals surface area (Å²) in [6.07, 6.45) is 0. The maximum absolute atomic E-state index is 2.41. The van der Waals surface area contributed by atoms with Crippen LogP contribution in [0.5, 0.6) is 0 Å². The van der Waals surface area contributed by atoms with Crippen LogP contribution in [0.2, 0.25) is 26.2 Å². The van der Waals surface area contributed by atoms with E-state index in [4.69, 9.17) is 0 Å². The molecule has 0 aliphatic rings. The van der Waals surface area contributed by atoms with Crippen molar-refractivity contribution in [3.63, 3.8) is 0 Å². The van der Waals surface area contributed by atoms with Gasteiger partial charge < -0.3 is 0 Å². The standard InChI is InChI=1S/C6H17PSi2/c1-8(2)5-7-6-9(3)4/h7H,5-6H2,1-4H3. The zero-order valence-corrected chi connectivity index (χ0v) is 9.91. The van der Waals surface area contributed by atoms with Gasteiger partial charge in [0.2, 0.25) is 0 Å². The smallest absolute Gasteiger partial charge is 0.0455 e. The topological polar surface area (TPSA) is 0 Å². The van der Waals surface area contributed by atoms with E-state index >= 15 is 0 Å². The SMILES string of the molecule is C[Si](C)CPC[Si](C)C. The van der Waals surface area contributed by atoms with Crippen molar-refractivity contribution in [3.05, 3.63) is 0 Å². The molecule has 0 unspecified atom stereocenters. The highest BCUT2D eigenvalue weighted by atomic mass is 31.1. The zero-order valence-electron chi connectivity index (χ0n) is 6.91. The molecule has 0 nitrogen and oxygen atoms in total. The van der Waals surface area contributed by atoms with Crippen molar-refractivity contribution in [1.82, 2.24) is 0 Å². The molecular formula is C6H17PSi2. The molecule has 0 aliphatic heterocycles. The average molecular weight is 176 g/mol. The van der Waals surface area contributed by atoms with Gasteiger partial charge in [-0.1, -0.05) is 26.2 Å². The van der Waals surface area contributed by atoms with Crippen LogP contribution < -0.4 is 0 Å². The number of hydrogen-bond donors (Lipinski definition) is 0. The zero-order chi connectivity index (χ0) is 7.28. The second-order valence-corrected chi connectivity index (χ2v) is 11.2. The first-order valence-corrected chi connectivity index (χ1v) is 10.2. The van der Waals surface area contributed by atoms with Gasteiger partial charge in [0.05, 0.1) is 0 Å². The molecule has 2 radical (unpaired) electrons. The van der Waals surface area contributed by atoms with Crippen LogP contribution >= 0.6 is 8.58 Å². The van der Waals surface area contributed by atoms with Gasteiger partial charge in [0.1, 0.15) is 0 Å². The van der Waals surface area contributed by atoms with E-state index in [2.05, 4.69) is 26.2 Å². The Morgan fingerprint density at radius 1 is 0.889 bits per heavy atom. The molecule has 0 spiro atoms. The van der Waals surface area contributed by atoms with E-state index in [1.165, 1.54) is 8.58 Å². The van der Waals surface area contributed by atoms with E-state index < -0.39 is 0 Å². The fourth-order valence-corrected chi connectivity index (χ4v) is 6.19. The highest BCUT2D eigenvalue weighted by Crippen LogP contribution is 2.11.